The molecule has 2 N–H and O–H groups in total. The predicted molar refractivity (Wildman–Crippen MR) is 97.4 cm³/mol. The summed E-state index contributed by atoms with van der Waals surface area (Å²) in [5, 5.41) is 13.9. The molecule has 0 saturated carbocycles. The number of nitrogens with one attached hydrogen (secondary N) is 2. The smallest absolute Gasteiger partial charge is 0.223 e. The van der Waals surface area contributed by atoms with Gasteiger partial charge < -0.3 is 14.8 Å². The van der Waals surface area contributed by atoms with Gasteiger partial charge in [0.1, 0.15) is 0 Å². The van der Waals surface area contributed by atoms with Crippen LogP contribution in [-0.4, -0.2) is 41.1 Å². The summed E-state index contributed by atoms with van der Waals surface area (Å²) < 4.78 is 11.2. The first-order valence-corrected chi connectivity index (χ1v) is 9.26. The number of rotatable bonds is 8. The molecule has 1 aliphatic carbocycles. The topological polar surface area (TPSA) is 89.1 Å². The average molecular weight is 358 g/mol. The van der Waals surface area contributed by atoms with Crippen molar-refractivity contribution < 1.29 is 14.3 Å². The number of aromatic nitrogens is 3. The Morgan fingerprint density at radius 2 is 1.96 bits per heavy atom. The lowest BCUT2D eigenvalue weighted by Gasteiger charge is -2.19. The van der Waals surface area contributed by atoms with Gasteiger partial charge in [0, 0.05) is 18.9 Å². The Kier molecular flexibility index (Phi) is 6.09. The van der Waals surface area contributed by atoms with Crippen LogP contribution in [0.15, 0.2) is 18.2 Å². The van der Waals surface area contributed by atoms with E-state index in [0.717, 1.165) is 47.7 Å². The highest BCUT2D eigenvalue weighted by molar-refractivity contribution is 5.79. The SMILES string of the molecule is CCOc1ccc(CCNC(=O)C2CCc3n[nH]nc3C2)cc1OCC. The second-order valence-electron chi connectivity index (χ2n) is 6.34. The molecule has 0 fully saturated rings. The van der Waals surface area contributed by atoms with Gasteiger partial charge in [0.05, 0.1) is 24.6 Å². The maximum atomic E-state index is 12.4. The summed E-state index contributed by atoms with van der Waals surface area (Å²) in [4.78, 5) is 12.4. The van der Waals surface area contributed by atoms with E-state index in [4.69, 9.17) is 9.47 Å². The lowest BCUT2D eigenvalue weighted by atomic mass is 9.89. The van der Waals surface area contributed by atoms with Crippen LogP contribution in [0.3, 0.4) is 0 Å². The number of benzene rings is 1. The number of nitrogens with zero attached hydrogens (tertiary/aromatic N) is 2. The number of ether oxygens (including phenoxy) is 2. The molecular formula is C19H26N4O3. The zero-order valence-corrected chi connectivity index (χ0v) is 15.4. The molecule has 1 amide bonds. The molecule has 1 aromatic heterocycles. The van der Waals surface area contributed by atoms with E-state index in [-0.39, 0.29) is 11.8 Å². The average Bonchev–Trinajstić information content (AvgIpc) is 3.12. The van der Waals surface area contributed by atoms with Crippen LogP contribution >= 0.6 is 0 Å². The number of hydrogen-bond acceptors (Lipinski definition) is 5. The Bertz CT molecular complexity index is 744. The molecule has 140 valence electrons. The van der Waals surface area contributed by atoms with Crippen LogP contribution in [0.5, 0.6) is 11.5 Å². The Labute approximate surface area is 153 Å². The van der Waals surface area contributed by atoms with Crippen molar-refractivity contribution in [2.45, 2.75) is 39.5 Å². The highest BCUT2D eigenvalue weighted by Crippen LogP contribution is 2.28. The van der Waals surface area contributed by atoms with Gasteiger partial charge in [0.2, 0.25) is 5.91 Å². The molecule has 7 heteroatoms. The number of H-pyrrole nitrogens is 1. The Balaban J connectivity index is 1.51. The van der Waals surface area contributed by atoms with Crippen molar-refractivity contribution in [3.8, 4) is 11.5 Å². The maximum absolute atomic E-state index is 12.4. The summed E-state index contributed by atoms with van der Waals surface area (Å²) in [6.07, 6.45) is 3.04. The monoisotopic (exact) mass is 358 g/mol. The lowest BCUT2D eigenvalue weighted by molar-refractivity contribution is -0.125. The number of aryl methyl sites for hydroxylation is 1. The normalized spacial score (nSPS) is 16.0. The van der Waals surface area contributed by atoms with E-state index in [9.17, 15) is 4.79 Å². The van der Waals surface area contributed by atoms with E-state index in [1.165, 1.54) is 0 Å². The molecule has 3 rings (SSSR count). The maximum Gasteiger partial charge on any atom is 0.223 e. The molecule has 1 atom stereocenters. The van der Waals surface area contributed by atoms with Crippen molar-refractivity contribution >= 4 is 5.91 Å². The van der Waals surface area contributed by atoms with E-state index in [2.05, 4.69) is 20.7 Å². The first kappa shape index (κ1) is 18.2. The van der Waals surface area contributed by atoms with Gasteiger partial charge in [0.25, 0.3) is 0 Å². The molecule has 1 heterocycles. The summed E-state index contributed by atoms with van der Waals surface area (Å²) in [7, 11) is 0. The van der Waals surface area contributed by atoms with Crippen LogP contribution in [0.1, 0.15) is 37.2 Å². The van der Waals surface area contributed by atoms with Crippen LogP contribution in [0.2, 0.25) is 0 Å². The van der Waals surface area contributed by atoms with Crippen LogP contribution in [0, 0.1) is 5.92 Å². The standard InChI is InChI=1S/C19H26N4O3/c1-3-25-17-8-5-13(11-18(17)26-4-2)9-10-20-19(24)14-6-7-15-16(12-14)22-23-21-15/h5,8,11,14H,3-4,6-7,9-10,12H2,1-2H3,(H,20,24)(H,21,22,23). The van der Waals surface area contributed by atoms with Crippen molar-refractivity contribution in [2.24, 2.45) is 5.92 Å². The summed E-state index contributed by atoms with van der Waals surface area (Å²) in [5.41, 5.74) is 3.02. The van der Waals surface area contributed by atoms with Crippen molar-refractivity contribution in [1.29, 1.82) is 0 Å². The second-order valence-corrected chi connectivity index (χ2v) is 6.34. The Hall–Kier alpha value is -2.57. The van der Waals surface area contributed by atoms with Crippen molar-refractivity contribution in [2.75, 3.05) is 19.8 Å². The van der Waals surface area contributed by atoms with Crippen LogP contribution in [-0.2, 0) is 24.1 Å². The largest absolute Gasteiger partial charge is 0.490 e. The molecule has 0 aliphatic heterocycles. The molecule has 1 unspecified atom stereocenters. The third-order valence-electron chi connectivity index (χ3n) is 4.56. The van der Waals surface area contributed by atoms with Crippen LogP contribution in [0.25, 0.3) is 0 Å². The van der Waals surface area contributed by atoms with Crippen molar-refractivity contribution in [3.63, 3.8) is 0 Å². The van der Waals surface area contributed by atoms with Gasteiger partial charge in [-0.1, -0.05) is 6.07 Å². The molecular weight excluding hydrogens is 332 g/mol. The van der Waals surface area contributed by atoms with Gasteiger partial charge in [-0.05, 0) is 50.8 Å². The van der Waals surface area contributed by atoms with Crippen molar-refractivity contribution in [3.05, 3.63) is 35.2 Å². The minimum atomic E-state index is -0.0214. The zero-order valence-electron chi connectivity index (χ0n) is 15.4. The third kappa shape index (κ3) is 4.33. The summed E-state index contributed by atoms with van der Waals surface area (Å²) in [5.74, 6) is 1.58. The quantitative estimate of drug-likeness (QED) is 0.754. The predicted octanol–water partition coefficient (Wildman–Crippen LogP) is 2.07. The fourth-order valence-corrected chi connectivity index (χ4v) is 3.23. The molecule has 0 spiro atoms. The van der Waals surface area contributed by atoms with Crippen LogP contribution in [0.4, 0.5) is 0 Å². The number of fused-ring (bicyclic) bond motifs is 1. The first-order valence-electron chi connectivity index (χ1n) is 9.26. The first-order chi connectivity index (χ1) is 12.7. The highest BCUT2D eigenvalue weighted by atomic mass is 16.5. The zero-order chi connectivity index (χ0) is 18.4. The van der Waals surface area contributed by atoms with Gasteiger partial charge in [-0.3, -0.25) is 4.79 Å². The molecule has 1 aromatic carbocycles. The van der Waals surface area contributed by atoms with E-state index in [0.29, 0.717) is 26.2 Å². The number of amides is 1. The van der Waals surface area contributed by atoms with E-state index < -0.39 is 0 Å². The van der Waals surface area contributed by atoms with E-state index in [1.807, 2.05) is 32.0 Å². The highest BCUT2D eigenvalue weighted by Gasteiger charge is 2.26. The second kappa shape index (κ2) is 8.69. The molecule has 7 nitrogen and oxygen atoms in total. The molecule has 0 bridgehead atoms. The molecule has 2 aromatic rings. The Morgan fingerprint density at radius 1 is 1.19 bits per heavy atom. The van der Waals surface area contributed by atoms with Gasteiger partial charge in [-0.25, -0.2) is 0 Å². The fourth-order valence-electron chi connectivity index (χ4n) is 3.23. The Morgan fingerprint density at radius 3 is 2.77 bits per heavy atom. The minimum Gasteiger partial charge on any atom is -0.490 e. The molecule has 0 saturated heterocycles. The lowest BCUT2D eigenvalue weighted by Crippen LogP contribution is -2.35. The van der Waals surface area contributed by atoms with E-state index in [1.54, 1.807) is 0 Å². The fraction of sp³-hybridized carbons (Fsp3) is 0.526. The number of aromatic amines is 1. The van der Waals surface area contributed by atoms with Gasteiger partial charge in [0.15, 0.2) is 11.5 Å². The van der Waals surface area contributed by atoms with Gasteiger partial charge in [-0.15, -0.1) is 0 Å². The molecule has 0 radical (unpaired) electrons. The van der Waals surface area contributed by atoms with Gasteiger partial charge in [-0.2, -0.15) is 15.4 Å². The molecule has 26 heavy (non-hydrogen) atoms. The van der Waals surface area contributed by atoms with Crippen molar-refractivity contribution in [1.82, 2.24) is 20.7 Å². The number of carbonyl (C=O) groups is 1. The summed E-state index contributed by atoms with van der Waals surface area (Å²) >= 11 is 0. The van der Waals surface area contributed by atoms with Crippen LogP contribution < -0.4 is 14.8 Å². The van der Waals surface area contributed by atoms with Gasteiger partial charge >= 0.3 is 0 Å². The number of hydrogen-bond donors (Lipinski definition) is 2. The van der Waals surface area contributed by atoms with E-state index >= 15 is 0 Å². The number of carbonyl (C=O) groups excluding carboxylic acids is 1. The summed E-state index contributed by atoms with van der Waals surface area (Å²) in [6.45, 7) is 5.69. The molecule has 1 aliphatic rings. The minimum absolute atomic E-state index is 0.0214. The third-order valence-corrected chi connectivity index (χ3v) is 4.56. The summed E-state index contributed by atoms with van der Waals surface area (Å²) in [6, 6.07) is 5.93.